The molecule has 30 heavy (non-hydrogen) atoms. The summed E-state index contributed by atoms with van der Waals surface area (Å²) in [5, 5.41) is 6.52. The van der Waals surface area contributed by atoms with E-state index in [0.29, 0.717) is 25.1 Å². The molecule has 1 fully saturated rings. The molecule has 1 aliphatic heterocycles. The molecule has 1 amide bonds. The summed E-state index contributed by atoms with van der Waals surface area (Å²) in [7, 11) is -2.27. The van der Waals surface area contributed by atoms with Crippen molar-refractivity contribution in [3.8, 4) is 0 Å². The largest absolute Gasteiger partial charge is 0.359 e. The van der Waals surface area contributed by atoms with Crippen LogP contribution in [0.2, 0.25) is 0 Å². The predicted molar refractivity (Wildman–Crippen MR) is 116 cm³/mol. The lowest BCUT2D eigenvalue weighted by Gasteiger charge is -2.30. The lowest BCUT2D eigenvalue weighted by molar-refractivity contribution is -0.125. The molecule has 7 nitrogen and oxygen atoms in total. The van der Waals surface area contributed by atoms with Crippen LogP contribution in [-0.4, -0.2) is 43.9 Å². The number of hydrogen-bond donors (Lipinski definition) is 1. The predicted octanol–water partition coefficient (Wildman–Crippen LogP) is 3.23. The maximum atomic E-state index is 13.4. The summed E-state index contributed by atoms with van der Waals surface area (Å²) in [4.78, 5) is 12.1. The van der Waals surface area contributed by atoms with Gasteiger partial charge in [-0.15, -0.1) is 0 Å². The standard InChI is InChI=1S/C22H29N3O4S/c1-14-11-15(2)19(16(3)12-14)8-9-20-21(17(4)24-29-20)30(27,28)25-10-6-7-18(13-25)22(26)23-5/h8-9,11-12,18H,6-7,10,13H2,1-5H3,(H,23,26)/b9-8+/t18-/m1/s1. The second-order valence-electron chi connectivity index (χ2n) is 7.92. The van der Waals surface area contributed by atoms with Gasteiger partial charge in [-0.05, 0) is 63.3 Å². The molecule has 0 unspecified atom stereocenters. The van der Waals surface area contributed by atoms with Crippen molar-refractivity contribution in [2.45, 2.75) is 45.4 Å². The molecule has 0 bridgehead atoms. The van der Waals surface area contributed by atoms with Crippen LogP contribution in [0.3, 0.4) is 0 Å². The van der Waals surface area contributed by atoms with Gasteiger partial charge in [-0.1, -0.05) is 28.9 Å². The molecule has 1 saturated heterocycles. The van der Waals surface area contributed by atoms with E-state index < -0.39 is 10.0 Å². The van der Waals surface area contributed by atoms with Crippen LogP contribution in [0, 0.1) is 33.6 Å². The second kappa shape index (κ2) is 8.73. The highest BCUT2D eigenvalue weighted by Gasteiger charge is 2.36. The third kappa shape index (κ3) is 4.34. The lowest BCUT2D eigenvalue weighted by Crippen LogP contribution is -2.44. The average Bonchev–Trinajstić information content (AvgIpc) is 3.07. The van der Waals surface area contributed by atoms with Crippen molar-refractivity contribution in [2.75, 3.05) is 20.1 Å². The van der Waals surface area contributed by atoms with Crippen molar-refractivity contribution in [3.63, 3.8) is 0 Å². The van der Waals surface area contributed by atoms with E-state index in [1.165, 1.54) is 9.87 Å². The fourth-order valence-electron chi connectivity index (χ4n) is 4.12. The number of carbonyl (C=O) groups is 1. The lowest BCUT2D eigenvalue weighted by atomic mass is 9.99. The molecule has 162 valence electrons. The molecule has 0 aliphatic carbocycles. The van der Waals surface area contributed by atoms with Gasteiger partial charge in [-0.3, -0.25) is 4.79 Å². The first kappa shape index (κ1) is 22.2. The van der Waals surface area contributed by atoms with Crippen molar-refractivity contribution in [3.05, 3.63) is 45.8 Å². The number of nitrogens with zero attached hydrogens (tertiary/aromatic N) is 2. The summed E-state index contributed by atoms with van der Waals surface area (Å²) in [6.07, 6.45) is 4.84. The minimum atomic E-state index is -3.84. The monoisotopic (exact) mass is 431 g/mol. The maximum Gasteiger partial charge on any atom is 0.248 e. The number of aryl methyl sites for hydroxylation is 4. The van der Waals surface area contributed by atoms with Crippen LogP contribution in [0.25, 0.3) is 12.2 Å². The number of piperidine rings is 1. The van der Waals surface area contributed by atoms with Gasteiger partial charge < -0.3 is 9.84 Å². The van der Waals surface area contributed by atoms with Crippen LogP contribution in [0.1, 0.15) is 46.5 Å². The Bertz CT molecular complexity index is 1060. The number of aromatic nitrogens is 1. The molecular formula is C22H29N3O4S. The number of sulfonamides is 1. The molecule has 2 aromatic rings. The fraction of sp³-hybridized carbons (Fsp3) is 0.455. The highest BCUT2D eigenvalue weighted by atomic mass is 32.2. The third-order valence-corrected chi connectivity index (χ3v) is 7.60. The summed E-state index contributed by atoms with van der Waals surface area (Å²) in [5.74, 6) is -0.285. The zero-order chi connectivity index (χ0) is 22.1. The smallest absolute Gasteiger partial charge is 0.248 e. The minimum Gasteiger partial charge on any atom is -0.359 e. The number of hydrogen-bond acceptors (Lipinski definition) is 5. The van der Waals surface area contributed by atoms with E-state index in [-0.39, 0.29) is 29.0 Å². The third-order valence-electron chi connectivity index (χ3n) is 5.57. The molecule has 1 atom stereocenters. The second-order valence-corrected chi connectivity index (χ2v) is 9.80. The molecule has 1 aliphatic rings. The summed E-state index contributed by atoms with van der Waals surface area (Å²) < 4.78 is 33.5. The first-order valence-electron chi connectivity index (χ1n) is 10.1. The van der Waals surface area contributed by atoms with E-state index in [4.69, 9.17) is 4.52 Å². The van der Waals surface area contributed by atoms with E-state index in [1.54, 1.807) is 20.0 Å². The van der Waals surface area contributed by atoms with Gasteiger partial charge in [0.05, 0.1) is 5.92 Å². The van der Waals surface area contributed by atoms with Gasteiger partial charge in [0.15, 0.2) is 10.7 Å². The van der Waals surface area contributed by atoms with Crippen molar-refractivity contribution >= 4 is 28.1 Å². The molecule has 3 rings (SSSR count). The Labute approximate surface area is 178 Å². The molecular weight excluding hydrogens is 402 g/mol. The van der Waals surface area contributed by atoms with Gasteiger partial charge in [0.2, 0.25) is 15.9 Å². The fourth-order valence-corrected chi connectivity index (χ4v) is 5.89. The SMILES string of the molecule is CNC(=O)[C@@H]1CCCN(S(=O)(=O)c2c(C)noc2/C=C/c2c(C)cc(C)cc2C)C1. The normalized spacial score (nSPS) is 18.1. The van der Waals surface area contributed by atoms with Crippen molar-refractivity contribution < 1.29 is 17.7 Å². The Morgan fingerprint density at radius 3 is 2.50 bits per heavy atom. The topological polar surface area (TPSA) is 92.5 Å². The van der Waals surface area contributed by atoms with Gasteiger partial charge in [-0.25, -0.2) is 8.42 Å². The van der Waals surface area contributed by atoms with Gasteiger partial charge in [0.25, 0.3) is 0 Å². The molecule has 0 saturated carbocycles. The molecule has 1 N–H and O–H groups in total. The first-order chi connectivity index (χ1) is 14.1. The number of amides is 1. The van der Waals surface area contributed by atoms with Gasteiger partial charge in [-0.2, -0.15) is 4.31 Å². The quantitative estimate of drug-likeness (QED) is 0.785. The van der Waals surface area contributed by atoms with E-state index in [1.807, 2.05) is 26.8 Å². The highest BCUT2D eigenvalue weighted by molar-refractivity contribution is 7.89. The molecule has 1 aromatic carbocycles. The number of rotatable bonds is 5. The van der Waals surface area contributed by atoms with E-state index in [2.05, 4.69) is 22.6 Å². The molecule has 1 aromatic heterocycles. The highest BCUT2D eigenvalue weighted by Crippen LogP contribution is 2.30. The Morgan fingerprint density at radius 1 is 1.20 bits per heavy atom. The van der Waals surface area contributed by atoms with E-state index in [9.17, 15) is 13.2 Å². The first-order valence-corrected chi connectivity index (χ1v) is 11.5. The molecule has 0 spiro atoms. The zero-order valence-electron chi connectivity index (χ0n) is 18.2. The van der Waals surface area contributed by atoms with Crippen molar-refractivity contribution in [1.29, 1.82) is 0 Å². The van der Waals surface area contributed by atoms with E-state index >= 15 is 0 Å². The number of benzene rings is 1. The van der Waals surface area contributed by atoms with Crippen molar-refractivity contribution in [2.24, 2.45) is 5.92 Å². The minimum absolute atomic E-state index is 0.0683. The summed E-state index contributed by atoms with van der Waals surface area (Å²) >= 11 is 0. The van der Waals surface area contributed by atoms with Crippen LogP contribution < -0.4 is 5.32 Å². The van der Waals surface area contributed by atoms with Gasteiger partial charge in [0.1, 0.15) is 5.69 Å². The Kier molecular flexibility index (Phi) is 6.47. The Balaban J connectivity index is 1.95. The Hall–Kier alpha value is -2.45. The molecule has 0 radical (unpaired) electrons. The van der Waals surface area contributed by atoms with Crippen molar-refractivity contribution in [1.82, 2.24) is 14.8 Å². The maximum absolute atomic E-state index is 13.4. The summed E-state index contributed by atoms with van der Waals surface area (Å²) in [6, 6.07) is 4.17. The molecule has 2 heterocycles. The van der Waals surface area contributed by atoms with Crippen LogP contribution >= 0.6 is 0 Å². The van der Waals surface area contributed by atoms with Crippen LogP contribution in [0.5, 0.6) is 0 Å². The summed E-state index contributed by atoms with van der Waals surface area (Å²) in [5.41, 5.74) is 4.73. The van der Waals surface area contributed by atoms with Gasteiger partial charge in [0, 0.05) is 20.1 Å². The number of carbonyl (C=O) groups excluding carboxylic acids is 1. The van der Waals surface area contributed by atoms with E-state index in [0.717, 1.165) is 16.7 Å². The number of nitrogens with one attached hydrogen (secondary N) is 1. The Morgan fingerprint density at radius 2 is 1.87 bits per heavy atom. The zero-order valence-corrected chi connectivity index (χ0v) is 19.0. The van der Waals surface area contributed by atoms with Gasteiger partial charge >= 0.3 is 0 Å². The summed E-state index contributed by atoms with van der Waals surface area (Å²) in [6.45, 7) is 8.25. The van der Waals surface area contributed by atoms with Crippen LogP contribution in [0.4, 0.5) is 0 Å². The average molecular weight is 432 g/mol. The molecule has 8 heteroatoms. The van der Waals surface area contributed by atoms with Crippen LogP contribution in [-0.2, 0) is 14.8 Å². The van der Waals surface area contributed by atoms with Crippen LogP contribution in [0.15, 0.2) is 21.6 Å².